The van der Waals surface area contributed by atoms with E-state index in [-0.39, 0.29) is 29.7 Å². The van der Waals surface area contributed by atoms with Crippen LogP contribution in [0.4, 0.5) is 0 Å². The first-order valence-corrected chi connectivity index (χ1v) is 11.4. The maximum absolute atomic E-state index is 13.4. The van der Waals surface area contributed by atoms with E-state index < -0.39 is 5.92 Å². The Labute approximate surface area is 189 Å². The van der Waals surface area contributed by atoms with Crippen molar-refractivity contribution >= 4 is 17.5 Å². The van der Waals surface area contributed by atoms with E-state index in [9.17, 15) is 9.59 Å². The highest BCUT2D eigenvalue weighted by atomic mass is 16.5. The Morgan fingerprint density at radius 1 is 1.06 bits per heavy atom. The molecule has 0 bridgehead atoms. The van der Waals surface area contributed by atoms with E-state index in [0.717, 1.165) is 34.5 Å². The molecule has 4 rings (SSSR count). The van der Waals surface area contributed by atoms with Gasteiger partial charge in [-0.25, -0.2) is 4.79 Å². The summed E-state index contributed by atoms with van der Waals surface area (Å²) in [7, 11) is 0. The van der Waals surface area contributed by atoms with Crippen molar-refractivity contribution < 1.29 is 14.3 Å². The number of ketones is 1. The first kappa shape index (κ1) is 22.1. The molecule has 2 aromatic rings. The van der Waals surface area contributed by atoms with Crippen molar-refractivity contribution in [2.75, 3.05) is 6.61 Å². The molecule has 1 saturated carbocycles. The Morgan fingerprint density at radius 2 is 1.81 bits per heavy atom. The molecule has 0 N–H and O–H groups in total. The maximum atomic E-state index is 13.4. The molecule has 0 amide bonds. The number of rotatable bonds is 5. The number of hydrogen-bond acceptors (Lipinski definition) is 5. The number of benzene rings is 1. The number of aromatic nitrogens is 1. The number of Topliss-reactive ketones (excluding diaryl/α,β-unsaturated/α-hetero) is 1. The number of fused-ring (bicyclic) bond motifs is 1. The first-order valence-electron chi connectivity index (χ1n) is 11.4. The van der Waals surface area contributed by atoms with Crippen LogP contribution in [0.1, 0.15) is 58.4 Å². The highest BCUT2D eigenvalue weighted by molar-refractivity contribution is 6.12. The molecule has 0 saturated heterocycles. The van der Waals surface area contributed by atoms with Crippen LogP contribution >= 0.6 is 0 Å². The topological polar surface area (TPSA) is 68.6 Å². The highest BCUT2D eigenvalue weighted by Gasteiger charge is 2.47. The fourth-order valence-electron chi connectivity index (χ4n) is 5.00. The molecule has 1 fully saturated rings. The van der Waals surface area contributed by atoms with Gasteiger partial charge in [-0.05, 0) is 47.9 Å². The van der Waals surface area contributed by atoms with E-state index in [2.05, 4.69) is 18.8 Å². The Morgan fingerprint density at radius 3 is 2.44 bits per heavy atom. The zero-order valence-corrected chi connectivity index (χ0v) is 19.2. The first-order chi connectivity index (χ1) is 15.3. The van der Waals surface area contributed by atoms with Gasteiger partial charge in [-0.15, -0.1) is 0 Å². The average Bonchev–Trinajstić information content (AvgIpc) is 2.77. The van der Waals surface area contributed by atoms with Gasteiger partial charge in [-0.3, -0.25) is 14.8 Å². The summed E-state index contributed by atoms with van der Waals surface area (Å²) in [5, 5.41) is 0. The highest BCUT2D eigenvalue weighted by Crippen LogP contribution is 2.47. The van der Waals surface area contributed by atoms with Crippen LogP contribution in [0, 0.1) is 11.3 Å². The van der Waals surface area contributed by atoms with E-state index >= 15 is 0 Å². The minimum absolute atomic E-state index is 0.124. The molecule has 166 valence electrons. The molecule has 2 atom stereocenters. The van der Waals surface area contributed by atoms with Crippen molar-refractivity contribution in [3.8, 4) is 11.1 Å². The molecule has 2 aliphatic rings. The summed E-state index contributed by atoms with van der Waals surface area (Å²) < 4.78 is 5.43. The Bertz CT molecular complexity index is 1080. The van der Waals surface area contributed by atoms with E-state index in [0.29, 0.717) is 18.4 Å². The normalized spacial score (nSPS) is 22.2. The zero-order valence-electron chi connectivity index (χ0n) is 19.2. The molecule has 5 nitrogen and oxygen atoms in total. The fraction of sp³-hybridized carbons (Fsp3) is 0.407. The molecule has 0 radical (unpaired) electrons. The number of carbonyl (C=O) groups excluding carboxylic acids is 2. The van der Waals surface area contributed by atoms with Crippen molar-refractivity contribution in [2.24, 2.45) is 16.3 Å². The monoisotopic (exact) mass is 430 g/mol. The molecule has 5 heteroatoms. The third-order valence-corrected chi connectivity index (χ3v) is 6.35. The minimum Gasteiger partial charge on any atom is -0.463 e. The lowest BCUT2D eigenvalue weighted by Gasteiger charge is -2.41. The third-order valence-electron chi connectivity index (χ3n) is 6.35. The summed E-state index contributed by atoms with van der Waals surface area (Å²) in [4.78, 5) is 35.5. The molecule has 1 aliphatic carbocycles. The predicted molar refractivity (Wildman–Crippen MR) is 125 cm³/mol. The van der Waals surface area contributed by atoms with Gasteiger partial charge >= 0.3 is 5.97 Å². The minimum atomic E-state index is -0.415. The number of hydrogen-bond donors (Lipinski definition) is 0. The fourth-order valence-corrected chi connectivity index (χ4v) is 5.00. The van der Waals surface area contributed by atoms with Gasteiger partial charge in [0, 0.05) is 30.4 Å². The molecule has 1 aromatic heterocycles. The number of pyridine rings is 1. The van der Waals surface area contributed by atoms with Gasteiger partial charge in [0.25, 0.3) is 0 Å². The summed E-state index contributed by atoms with van der Waals surface area (Å²) in [6.07, 6.45) is 5.43. The standard InChI is InChI=1S/C27H30N2O3/c1-5-20-25(26(31)32-6-2)23(24-21(29-20)14-27(3,4)15-22(24)30)18-11-9-17(10-12-18)19-8-7-13-28-16-19/h7-13,16,23-24H,5-6,14-15H2,1-4H3. The lowest BCUT2D eigenvalue weighted by molar-refractivity contribution is -0.139. The van der Waals surface area contributed by atoms with Gasteiger partial charge in [0.1, 0.15) is 5.78 Å². The summed E-state index contributed by atoms with van der Waals surface area (Å²) in [6, 6.07) is 12.0. The van der Waals surface area contributed by atoms with Gasteiger partial charge in [0.05, 0.1) is 23.8 Å². The van der Waals surface area contributed by atoms with E-state index in [4.69, 9.17) is 9.73 Å². The van der Waals surface area contributed by atoms with Crippen molar-refractivity contribution in [3.63, 3.8) is 0 Å². The largest absolute Gasteiger partial charge is 0.463 e. The van der Waals surface area contributed by atoms with Crippen molar-refractivity contribution in [3.05, 3.63) is 65.6 Å². The molecule has 1 aliphatic heterocycles. The number of carbonyl (C=O) groups is 2. The SMILES string of the molecule is CCOC(=O)C1=C(CC)N=C2CC(C)(C)CC(=O)C2C1c1ccc(-c2cccnc2)cc1. The molecular formula is C27H30N2O3. The van der Waals surface area contributed by atoms with Crippen LogP contribution in [0.2, 0.25) is 0 Å². The molecular weight excluding hydrogens is 400 g/mol. The van der Waals surface area contributed by atoms with Gasteiger partial charge in [-0.2, -0.15) is 0 Å². The molecule has 1 aromatic carbocycles. The van der Waals surface area contributed by atoms with Crippen molar-refractivity contribution in [1.82, 2.24) is 4.98 Å². The van der Waals surface area contributed by atoms with Crippen LogP contribution in [-0.4, -0.2) is 29.1 Å². The van der Waals surface area contributed by atoms with Crippen LogP contribution in [-0.2, 0) is 14.3 Å². The van der Waals surface area contributed by atoms with Crippen molar-refractivity contribution in [1.29, 1.82) is 0 Å². The van der Waals surface area contributed by atoms with Crippen LogP contribution in [0.3, 0.4) is 0 Å². The van der Waals surface area contributed by atoms with E-state index in [1.54, 1.807) is 13.1 Å². The maximum Gasteiger partial charge on any atom is 0.336 e. The van der Waals surface area contributed by atoms with Gasteiger partial charge < -0.3 is 4.74 Å². The number of esters is 1. The third kappa shape index (κ3) is 4.16. The average molecular weight is 431 g/mol. The smallest absolute Gasteiger partial charge is 0.336 e. The summed E-state index contributed by atoms with van der Waals surface area (Å²) in [6.45, 7) is 8.30. The molecule has 2 heterocycles. The summed E-state index contributed by atoms with van der Waals surface area (Å²) in [5.74, 6) is -1.01. The number of ether oxygens (including phenoxy) is 1. The number of aliphatic imine (C=N–C) groups is 1. The van der Waals surface area contributed by atoms with E-state index in [1.165, 1.54) is 0 Å². The zero-order chi connectivity index (χ0) is 22.9. The number of nitrogens with zero attached hydrogens (tertiary/aromatic N) is 2. The van der Waals surface area contributed by atoms with Crippen LogP contribution in [0.25, 0.3) is 11.1 Å². The lowest BCUT2D eigenvalue weighted by atomic mass is 9.63. The van der Waals surface area contributed by atoms with Gasteiger partial charge in [0.2, 0.25) is 0 Å². The second kappa shape index (κ2) is 8.81. The summed E-state index contributed by atoms with van der Waals surface area (Å²) >= 11 is 0. The Kier molecular flexibility index (Phi) is 6.09. The van der Waals surface area contributed by atoms with Crippen LogP contribution in [0.15, 0.2) is 65.1 Å². The van der Waals surface area contributed by atoms with Crippen molar-refractivity contribution in [2.45, 2.75) is 52.9 Å². The second-order valence-corrected chi connectivity index (χ2v) is 9.34. The predicted octanol–water partition coefficient (Wildman–Crippen LogP) is 5.52. The Balaban J connectivity index is 1.83. The Hall–Kier alpha value is -3.08. The van der Waals surface area contributed by atoms with E-state index in [1.807, 2.05) is 49.5 Å². The number of allylic oxidation sites excluding steroid dienone is 1. The van der Waals surface area contributed by atoms with Crippen LogP contribution in [0.5, 0.6) is 0 Å². The molecule has 0 spiro atoms. The van der Waals surface area contributed by atoms with Gasteiger partial charge in [0.15, 0.2) is 0 Å². The van der Waals surface area contributed by atoms with Gasteiger partial charge in [-0.1, -0.05) is 51.1 Å². The molecule has 2 unspecified atom stereocenters. The lowest BCUT2D eigenvalue weighted by Crippen LogP contribution is -2.44. The van der Waals surface area contributed by atoms with Crippen LogP contribution < -0.4 is 0 Å². The molecule has 32 heavy (non-hydrogen) atoms. The second-order valence-electron chi connectivity index (χ2n) is 9.34. The summed E-state index contributed by atoms with van der Waals surface area (Å²) in [5.41, 5.74) is 5.05. The quantitative estimate of drug-likeness (QED) is 0.586.